The summed E-state index contributed by atoms with van der Waals surface area (Å²) in [4.78, 5) is 23.6. The molecule has 0 radical (unpaired) electrons. The molecule has 5 heteroatoms. The second kappa shape index (κ2) is 6.85. The van der Waals surface area contributed by atoms with Gasteiger partial charge in [0.05, 0.1) is 0 Å². The Kier molecular flexibility index (Phi) is 4.88. The van der Waals surface area contributed by atoms with Crippen molar-refractivity contribution in [2.45, 2.75) is 19.4 Å². The first-order valence-electron chi connectivity index (χ1n) is 6.87. The monoisotopic (exact) mass is 300 g/mol. The number of aryl methyl sites for hydroxylation is 1. The van der Waals surface area contributed by atoms with Gasteiger partial charge in [0.2, 0.25) is 5.91 Å². The van der Waals surface area contributed by atoms with Crippen LogP contribution in [0.3, 0.4) is 0 Å². The number of halogens is 1. The lowest BCUT2D eigenvalue weighted by atomic mass is 10.0. The molecule has 0 saturated carbocycles. The maximum atomic E-state index is 13.1. The van der Waals surface area contributed by atoms with Crippen LogP contribution < -0.4 is 11.1 Å². The SMILES string of the molecule is Cc1ccc(C[C@@H](NC(=O)c2cccc(F)c2)C(N)=O)cc1. The van der Waals surface area contributed by atoms with E-state index >= 15 is 0 Å². The summed E-state index contributed by atoms with van der Waals surface area (Å²) in [6, 6.07) is 12.0. The van der Waals surface area contributed by atoms with Gasteiger partial charge in [-0.25, -0.2) is 4.39 Å². The van der Waals surface area contributed by atoms with Gasteiger partial charge in [-0.3, -0.25) is 9.59 Å². The molecule has 4 nitrogen and oxygen atoms in total. The van der Waals surface area contributed by atoms with Crippen molar-refractivity contribution >= 4 is 11.8 Å². The molecule has 2 rings (SSSR count). The summed E-state index contributed by atoms with van der Waals surface area (Å²) in [5.74, 6) is -1.68. The van der Waals surface area contributed by atoms with Crippen LogP contribution in [-0.2, 0) is 11.2 Å². The zero-order valence-electron chi connectivity index (χ0n) is 12.2. The standard InChI is InChI=1S/C17H17FN2O2/c1-11-5-7-12(8-6-11)9-15(16(19)21)20-17(22)13-3-2-4-14(18)10-13/h2-8,10,15H,9H2,1H3,(H2,19,21)(H,20,22)/t15-/m1/s1. The lowest BCUT2D eigenvalue weighted by Crippen LogP contribution is -2.45. The molecule has 0 unspecified atom stereocenters. The molecule has 0 aliphatic carbocycles. The highest BCUT2D eigenvalue weighted by molar-refractivity contribution is 5.97. The molecule has 2 aromatic rings. The van der Waals surface area contributed by atoms with E-state index in [1.165, 1.54) is 18.2 Å². The van der Waals surface area contributed by atoms with Gasteiger partial charge in [-0.05, 0) is 30.7 Å². The maximum Gasteiger partial charge on any atom is 0.252 e. The van der Waals surface area contributed by atoms with Crippen LogP contribution in [0.5, 0.6) is 0 Å². The lowest BCUT2D eigenvalue weighted by Gasteiger charge is -2.16. The minimum absolute atomic E-state index is 0.148. The summed E-state index contributed by atoms with van der Waals surface area (Å²) in [5, 5.41) is 2.54. The Labute approximate surface area is 128 Å². The van der Waals surface area contributed by atoms with E-state index in [4.69, 9.17) is 5.73 Å². The number of nitrogens with one attached hydrogen (secondary N) is 1. The highest BCUT2D eigenvalue weighted by Gasteiger charge is 2.19. The van der Waals surface area contributed by atoms with E-state index in [2.05, 4.69) is 5.32 Å². The van der Waals surface area contributed by atoms with Crippen LogP contribution in [0.1, 0.15) is 21.5 Å². The quantitative estimate of drug-likeness (QED) is 0.886. The van der Waals surface area contributed by atoms with Crippen LogP contribution in [0, 0.1) is 12.7 Å². The fourth-order valence-corrected chi connectivity index (χ4v) is 2.05. The molecule has 0 fully saturated rings. The predicted molar refractivity (Wildman–Crippen MR) is 81.7 cm³/mol. The Balaban J connectivity index is 2.10. The van der Waals surface area contributed by atoms with Crippen LogP contribution in [0.2, 0.25) is 0 Å². The highest BCUT2D eigenvalue weighted by atomic mass is 19.1. The first kappa shape index (κ1) is 15.7. The smallest absolute Gasteiger partial charge is 0.252 e. The molecule has 114 valence electrons. The molecule has 0 spiro atoms. The Morgan fingerprint density at radius 3 is 2.45 bits per heavy atom. The van der Waals surface area contributed by atoms with Crippen molar-refractivity contribution < 1.29 is 14.0 Å². The Morgan fingerprint density at radius 1 is 1.18 bits per heavy atom. The summed E-state index contributed by atoms with van der Waals surface area (Å²) >= 11 is 0. The number of carbonyl (C=O) groups excluding carboxylic acids is 2. The molecule has 0 aliphatic rings. The van der Waals surface area contributed by atoms with Crippen LogP contribution in [-0.4, -0.2) is 17.9 Å². The fourth-order valence-electron chi connectivity index (χ4n) is 2.05. The number of carbonyl (C=O) groups is 2. The van der Waals surface area contributed by atoms with Crippen molar-refractivity contribution in [2.24, 2.45) is 5.73 Å². The van der Waals surface area contributed by atoms with Crippen molar-refractivity contribution in [2.75, 3.05) is 0 Å². The van der Waals surface area contributed by atoms with Crippen LogP contribution >= 0.6 is 0 Å². The summed E-state index contributed by atoms with van der Waals surface area (Å²) in [7, 11) is 0. The van der Waals surface area contributed by atoms with Gasteiger partial charge in [0.25, 0.3) is 5.91 Å². The molecule has 3 N–H and O–H groups in total. The largest absolute Gasteiger partial charge is 0.368 e. The third kappa shape index (κ3) is 4.15. The van der Waals surface area contributed by atoms with Crippen LogP contribution in [0.25, 0.3) is 0 Å². The van der Waals surface area contributed by atoms with E-state index in [0.29, 0.717) is 0 Å². The van der Waals surface area contributed by atoms with E-state index in [1.54, 1.807) is 0 Å². The zero-order valence-corrected chi connectivity index (χ0v) is 12.2. The summed E-state index contributed by atoms with van der Waals surface area (Å²) in [6.07, 6.45) is 0.288. The van der Waals surface area contributed by atoms with Crippen molar-refractivity contribution in [3.8, 4) is 0 Å². The molecule has 0 heterocycles. The average molecular weight is 300 g/mol. The number of hydrogen-bond donors (Lipinski definition) is 2. The predicted octanol–water partition coefficient (Wildman–Crippen LogP) is 1.96. The van der Waals surface area contributed by atoms with E-state index in [9.17, 15) is 14.0 Å². The molecular formula is C17H17FN2O2. The third-order valence-corrected chi connectivity index (χ3v) is 3.30. The molecule has 0 aliphatic heterocycles. The molecule has 0 bridgehead atoms. The average Bonchev–Trinajstić information content (AvgIpc) is 2.48. The molecule has 22 heavy (non-hydrogen) atoms. The Bertz CT molecular complexity index is 683. The number of rotatable bonds is 5. The number of nitrogens with two attached hydrogens (primary N) is 1. The van der Waals surface area contributed by atoms with E-state index < -0.39 is 23.7 Å². The van der Waals surface area contributed by atoms with Gasteiger partial charge < -0.3 is 11.1 Å². The molecule has 0 saturated heterocycles. The second-order valence-electron chi connectivity index (χ2n) is 5.13. The van der Waals surface area contributed by atoms with E-state index in [-0.39, 0.29) is 12.0 Å². The maximum absolute atomic E-state index is 13.1. The van der Waals surface area contributed by atoms with Gasteiger partial charge in [0, 0.05) is 12.0 Å². The zero-order chi connectivity index (χ0) is 16.1. The van der Waals surface area contributed by atoms with Gasteiger partial charge in [0.15, 0.2) is 0 Å². The Hall–Kier alpha value is -2.69. The van der Waals surface area contributed by atoms with Gasteiger partial charge in [-0.15, -0.1) is 0 Å². The number of primary amides is 1. The normalized spacial score (nSPS) is 11.7. The first-order valence-corrected chi connectivity index (χ1v) is 6.87. The second-order valence-corrected chi connectivity index (χ2v) is 5.13. The van der Waals surface area contributed by atoms with E-state index in [1.807, 2.05) is 31.2 Å². The molecule has 2 amide bonds. The van der Waals surface area contributed by atoms with Gasteiger partial charge in [-0.2, -0.15) is 0 Å². The van der Waals surface area contributed by atoms with E-state index in [0.717, 1.165) is 17.2 Å². The van der Waals surface area contributed by atoms with Crippen molar-refractivity contribution in [3.63, 3.8) is 0 Å². The van der Waals surface area contributed by atoms with Crippen molar-refractivity contribution in [1.29, 1.82) is 0 Å². The summed E-state index contributed by atoms with van der Waals surface area (Å²) in [6.45, 7) is 1.96. The van der Waals surface area contributed by atoms with Crippen molar-refractivity contribution in [3.05, 3.63) is 71.0 Å². The number of benzene rings is 2. The lowest BCUT2D eigenvalue weighted by molar-refractivity contribution is -0.119. The van der Waals surface area contributed by atoms with Crippen molar-refractivity contribution in [1.82, 2.24) is 5.32 Å². The fraction of sp³-hybridized carbons (Fsp3) is 0.176. The number of amides is 2. The number of hydrogen-bond acceptors (Lipinski definition) is 2. The summed E-state index contributed by atoms with van der Waals surface area (Å²) < 4.78 is 13.1. The minimum atomic E-state index is -0.849. The third-order valence-electron chi connectivity index (χ3n) is 3.30. The van der Waals surface area contributed by atoms with Gasteiger partial charge in [-0.1, -0.05) is 35.9 Å². The summed E-state index contributed by atoms with van der Waals surface area (Å²) in [5.41, 5.74) is 7.47. The minimum Gasteiger partial charge on any atom is -0.368 e. The van der Waals surface area contributed by atoms with Crippen LogP contribution in [0.4, 0.5) is 4.39 Å². The first-order chi connectivity index (χ1) is 10.5. The molecule has 0 aromatic heterocycles. The van der Waals surface area contributed by atoms with Gasteiger partial charge >= 0.3 is 0 Å². The highest BCUT2D eigenvalue weighted by Crippen LogP contribution is 2.08. The Morgan fingerprint density at radius 2 is 1.86 bits per heavy atom. The molecule has 1 atom stereocenters. The molecule has 2 aromatic carbocycles. The molecular weight excluding hydrogens is 283 g/mol. The van der Waals surface area contributed by atoms with Gasteiger partial charge in [0.1, 0.15) is 11.9 Å². The van der Waals surface area contributed by atoms with Crippen LogP contribution in [0.15, 0.2) is 48.5 Å². The topological polar surface area (TPSA) is 72.2 Å².